The molecule has 2 fully saturated rings. The van der Waals surface area contributed by atoms with Crippen LogP contribution in [0.25, 0.3) is 28.0 Å². The van der Waals surface area contributed by atoms with Gasteiger partial charge >= 0.3 is 5.69 Å². The number of aromatic nitrogens is 4. The lowest BCUT2D eigenvalue weighted by Gasteiger charge is -2.40. The number of carbonyl (C=O) groups is 1. The fraction of sp³-hybridized carbons (Fsp3) is 0.300. The monoisotopic (exact) mass is 637 g/mol. The van der Waals surface area contributed by atoms with E-state index in [1.165, 1.54) is 36.5 Å². The van der Waals surface area contributed by atoms with E-state index in [1.54, 1.807) is 17.9 Å². The third-order valence-electron chi connectivity index (χ3n) is 8.02. The zero-order valence-electron chi connectivity index (χ0n) is 24.0. The number of fused-ring (bicyclic) bond motifs is 1. The van der Waals surface area contributed by atoms with Crippen molar-refractivity contribution in [3.8, 4) is 16.9 Å². The zero-order chi connectivity index (χ0) is 31.5. The van der Waals surface area contributed by atoms with Crippen LogP contribution in [-0.4, -0.2) is 69.7 Å². The van der Waals surface area contributed by atoms with Crippen molar-refractivity contribution in [2.24, 2.45) is 0 Å². The first-order valence-corrected chi connectivity index (χ1v) is 15.9. The standard InChI is InChI=1S/C30H29ClFN7O4S/c1-4-23(40)37-12-13-38(17(3)15-37)27-19-14-20(31)25(24-21(32)6-5-7-22(24)33)35-28(19)39(30(41)36-27)26-16(2)10-11-34-29(26)44(42,43)18-8-9-18/h4-7,10-11,14,17-18H,1,8-9,12-13,15,33H2,2-3H3/t17-/m0/s1. The van der Waals surface area contributed by atoms with Crippen LogP contribution in [0.5, 0.6) is 0 Å². The molecule has 11 nitrogen and oxygen atoms in total. The SMILES string of the molecule is C=CC(=O)N1CCN(c2nc(=O)n(-c3c(C)ccnc3S(=O)(=O)C3CC3)c3nc(-c4c(N)cccc4F)c(Cl)cc23)[C@@H](C)C1. The van der Waals surface area contributed by atoms with Crippen molar-refractivity contribution < 1.29 is 17.6 Å². The Labute approximate surface area is 257 Å². The molecule has 1 aliphatic heterocycles. The van der Waals surface area contributed by atoms with E-state index in [2.05, 4.69) is 16.5 Å². The number of rotatable bonds is 6. The molecule has 44 heavy (non-hydrogen) atoms. The highest BCUT2D eigenvalue weighted by atomic mass is 35.5. The molecule has 2 aliphatic rings. The van der Waals surface area contributed by atoms with Gasteiger partial charge in [0.2, 0.25) is 15.7 Å². The van der Waals surface area contributed by atoms with Crippen molar-refractivity contribution in [2.75, 3.05) is 30.3 Å². The Hall–Kier alpha value is -4.36. The minimum Gasteiger partial charge on any atom is -0.398 e. The van der Waals surface area contributed by atoms with E-state index in [9.17, 15) is 18.0 Å². The second-order valence-corrected chi connectivity index (χ2v) is 13.6. The summed E-state index contributed by atoms with van der Waals surface area (Å²) in [5.41, 5.74) is 5.80. The largest absolute Gasteiger partial charge is 0.398 e. The first-order valence-electron chi connectivity index (χ1n) is 14.0. The van der Waals surface area contributed by atoms with E-state index < -0.39 is 26.6 Å². The van der Waals surface area contributed by atoms with E-state index in [0.717, 1.165) is 4.57 Å². The van der Waals surface area contributed by atoms with Gasteiger partial charge in [-0.3, -0.25) is 4.79 Å². The molecule has 0 spiro atoms. The smallest absolute Gasteiger partial charge is 0.355 e. The van der Waals surface area contributed by atoms with Crippen molar-refractivity contribution in [3.63, 3.8) is 0 Å². The van der Waals surface area contributed by atoms with Crippen LogP contribution in [0.2, 0.25) is 5.02 Å². The van der Waals surface area contributed by atoms with Crippen LogP contribution in [0.4, 0.5) is 15.9 Å². The summed E-state index contributed by atoms with van der Waals surface area (Å²) in [6.07, 6.45) is 3.62. The minimum absolute atomic E-state index is 0.00203. The lowest BCUT2D eigenvalue weighted by molar-refractivity contribution is -0.126. The molecule has 6 rings (SSSR count). The van der Waals surface area contributed by atoms with Crippen molar-refractivity contribution in [1.82, 2.24) is 24.4 Å². The number of hydrogen-bond acceptors (Lipinski definition) is 9. The number of nitrogens with two attached hydrogens (primary N) is 1. The van der Waals surface area contributed by atoms with Gasteiger partial charge in [0.05, 0.1) is 32.6 Å². The number of nitrogens with zero attached hydrogens (tertiary/aromatic N) is 6. The molecule has 1 aromatic carbocycles. The fourth-order valence-electron chi connectivity index (χ4n) is 5.64. The Balaban J connectivity index is 1.66. The van der Waals surface area contributed by atoms with E-state index >= 15 is 4.39 Å². The van der Waals surface area contributed by atoms with Crippen LogP contribution < -0.4 is 16.3 Å². The normalized spacial score (nSPS) is 17.2. The third kappa shape index (κ3) is 4.89. The highest BCUT2D eigenvalue weighted by Crippen LogP contribution is 2.39. The summed E-state index contributed by atoms with van der Waals surface area (Å²) in [4.78, 5) is 43.2. The van der Waals surface area contributed by atoms with Crippen molar-refractivity contribution >= 4 is 49.9 Å². The first-order chi connectivity index (χ1) is 20.9. The molecular formula is C30H29ClFN7O4S. The predicted octanol–water partition coefficient (Wildman–Crippen LogP) is 3.69. The summed E-state index contributed by atoms with van der Waals surface area (Å²) < 4.78 is 43.3. The van der Waals surface area contributed by atoms with Crippen molar-refractivity contribution in [2.45, 2.75) is 43.0 Å². The molecule has 4 aromatic rings. The molecule has 14 heteroatoms. The summed E-state index contributed by atoms with van der Waals surface area (Å²) in [5.74, 6) is -0.638. The maximum atomic E-state index is 15.2. The van der Waals surface area contributed by atoms with E-state index in [0.29, 0.717) is 43.4 Å². The molecule has 1 atom stereocenters. The summed E-state index contributed by atoms with van der Waals surface area (Å²) in [6, 6.07) is 7.02. The molecule has 1 saturated heterocycles. The summed E-state index contributed by atoms with van der Waals surface area (Å²) in [5, 5.41) is -0.492. The molecule has 3 aromatic heterocycles. The van der Waals surface area contributed by atoms with Gasteiger partial charge in [0.25, 0.3) is 0 Å². The second kappa shape index (κ2) is 11.0. The number of hydrogen-bond donors (Lipinski definition) is 1. The van der Waals surface area contributed by atoms with Gasteiger partial charge < -0.3 is 15.5 Å². The van der Waals surface area contributed by atoms with Crippen molar-refractivity contribution in [1.29, 1.82) is 0 Å². The quantitative estimate of drug-likeness (QED) is 0.247. The topological polar surface area (TPSA) is 144 Å². The summed E-state index contributed by atoms with van der Waals surface area (Å²) in [7, 11) is -3.88. The van der Waals surface area contributed by atoms with Gasteiger partial charge in [-0.1, -0.05) is 24.2 Å². The van der Waals surface area contributed by atoms with Crippen LogP contribution in [0.3, 0.4) is 0 Å². The number of halogens is 2. The van der Waals surface area contributed by atoms with Gasteiger partial charge in [-0.15, -0.1) is 0 Å². The Kier molecular flexibility index (Phi) is 7.41. The number of sulfone groups is 1. The van der Waals surface area contributed by atoms with Crippen LogP contribution in [0, 0.1) is 12.7 Å². The lowest BCUT2D eigenvalue weighted by atomic mass is 10.1. The molecule has 0 unspecified atom stereocenters. The minimum atomic E-state index is -3.88. The zero-order valence-corrected chi connectivity index (χ0v) is 25.6. The molecular weight excluding hydrogens is 609 g/mol. The molecule has 0 radical (unpaired) electrons. The number of aryl methyl sites for hydroxylation is 1. The molecule has 228 valence electrons. The van der Waals surface area contributed by atoms with Crippen molar-refractivity contribution in [3.05, 3.63) is 76.1 Å². The summed E-state index contributed by atoms with van der Waals surface area (Å²) >= 11 is 6.75. The number of anilines is 2. The maximum absolute atomic E-state index is 15.2. The van der Waals surface area contributed by atoms with E-state index in [4.69, 9.17) is 22.3 Å². The molecule has 1 amide bonds. The molecule has 2 N–H and O–H groups in total. The second-order valence-electron chi connectivity index (χ2n) is 11.0. The predicted molar refractivity (Wildman–Crippen MR) is 166 cm³/mol. The van der Waals surface area contributed by atoms with Gasteiger partial charge in [0.15, 0.2) is 10.7 Å². The molecule has 4 heterocycles. The van der Waals surface area contributed by atoms with Gasteiger partial charge in [-0.05, 0) is 62.6 Å². The number of amides is 1. The molecule has 1 saturated carbocycles. The number of carbonyl (C=O) groups excluding carboxylic acids is 1. The first kappa shape index (κ1) is 29.7. The Morgan fingerprint density at radius 2 is 1.95 bits per heavy atom. The van der Waals surface area contributed by atoms with E-state index in [-0.39, 0.29) is 56.1 Å². The number of nitrogen functional groups attached to an aromatic ring is 1. The van der Waals surface area contributed by atoms with Crippen LogP contribution in [0.1, 0.15) is 25.3 Å². The van der Waals surface area contributed by atoms with Crippen LogP contribution >= 0.6 is 11.6 Å². The van der Waals surface area contributed by atoms with Gasteiger partial charge in [-0.2, -0.15) is 4.98 Å². The Morgan fingerprint density at radius 3 is 2.61 bits per heavy atom. The van der Waals surface area contributed by atoms with Crippen LogP contribution in [0.15, 0.2) is 59.0 Å². The number of benzene rings is 1. The van der Waals surface area contributed by atoms with Gasteiger partial charge in [0.1, 0.15) is 11.6 Å². The molecule has 1 aliphatic carbocycles. The highest BCUT2D eigenvalue weighted by Gasteiger charge is 2.40. The Bertz CT molecular complexity index is 2010. The average molecular weight is 638 g/mol. The number of piperazine rings is 1. The fourth-order valence-corrected chi connectivity index (χ4v) is 7.68. The van der Waals surface area contributed by atoms with Crippen LogP contribution in [-0.2, 0) is 14.6 Å². The maximum Gasteiger partial charge on any atom is 0.355 e. The molecule has 0 bridgehead atoms. The van der Waals surface area contributed by atoms with Gasteiger partial charge in [0, 0.05) is 37.6 Å². The lowest BCUT2D eigenvalue weighted by Crippen LogP contribution is -2.54. The Morgan fingerprint density at radius 1 is 1.20 bits per heavy atom. The average Bonchev–Trinajstić information content (AvgIpc) is 3.84. The number of pyridine rings is 2. The highest BCUT2D eigenvalue weighted by molar-refractivity contribution is 7.92. The van der Waals surface area contributed by atoms with E-state index in [1.807, 2.05) is 11.8 Å². The van der Waals surface area contributed by atoms with Gasteiger partial charge in [-0.25, -0.2) is 32.1 Å². The third-order valence-corrected chi connectivity index (χ3v) is 10.5. The summed E-state index contributed by atoms with van der Waals surface area (Å²) in [6.45, 7) is 8.13.